The van der Waals surface area contributed by atoms with Crippen LogP contribution >= 0.6 is 43.2 Å². The Morgan fingerprint density at radius 2 is 2.07 bits per heavy atom. The SMILES string of the molecule is CO/N=C1\C[C@@H](CCC(=O)Nc2ncc(C)s2)C2C3CCc4c(cc(Br)c(OC(=O)CN(C)C)c4Br)C3CC[C@]12C. The third-order valence-corrected chi connectivity index (χ3v) is 11.5. The summed E-state index contributed by atoms with van der Waals surface area (Å²) in [7, 11) is 5.33. The molecule has 1 N–H and O–H groups in total. The molecule has 8 nitrogen and oxygen atoms in total. The van der Waals surface area contributed by atoms with Crippen LogP contribution in [-0.4, -0.2) is 55.2 Å². The molecule has 3 aliphatic carbocycles. The largest absolute Gasteiger partial charge is 0.423 e. The number of fused-ring (bicyclic) bond motifs is 5. The smallest absolute Gasteiger partial charge is 0.325 e. The molecule has 0 saturated heterocycles. The number of esters is 1. The number of amides is 1. The molecule has 0 bridgehead atoms. The van der Waals surface area contributed by atoms with Crippen molar-refractivity contribution in [2.45, 2.75) is 64.7 Å². The lowest BCUT2D eigenvalue weighted by Gasteiger charge is -2.50. The minimum Gasteiger partial charge on any atom is -0.423 e. The van der Waals surface area contributed by atoms with Crippen molar-refractivity contribution in [1.82, 2.24) is 9.88 Å². The number of aromatic nitrogens is 1. The number of likely N-dealkylation sites (N-methyl/N-ethyl adjacent to an activating group) is 1. The zero-order chi connectivity index (χ0) is 29.5. The first kappa shape index (κ1) is 30.6. The number of hydrogen-bond donors (Lipinski definition) is 1. The third kappa shape index (κ3) is 6.15. The highest BCUT2D eigenvalue weighted by Gasteiger charge is 2.58. The molecule has 1 heterocycles. The molecule has 3 aliphatic rings. The fourth-order valence-electron chi connectivity index (χ4n) is 7.64. The van der Waals surface area contributed by atoms with Gasteiger partial charge >= 0.3 is 5.97 Å². The van der Waals surface area contributed by atoms with Crippen molar-refractivity contribution >= 4 is 65.9 Å². The normalized spacial score (nSPS) is 27.8. The second-order valence-electron chi connectivity index (χ2n) is 12.1. The van der Waals surface area contributed by atoms with E-state index in [1.54, 1.807) is 18.2 Å². The van der Waals surface area contributed by atoms with Crippen molar-refractivity contribution in [3.05, 3.63) is 37.2 Å². The number of hydrogen-bond acceptors (Lipinski definition) is 8. The van der Waals surface area contributed by atoms with Gasteiger partial charge in [0.05, 0.1) is 21.2 Å². The molecule has 3 unspecified atom stereocenters. The number of carbonyl (C=O) groups is 2. The number of oxime groups is 1. The molecule has 41 heavy (non-hydrogen) atoms. The molecule has 11 heteroatoms. The molecule has 222 valence electrons. The topological polar surface area (TPSA) is 93.1 Å². The van der Waals surface area contributed by atoms with Gasteiger partial charge in [-0.15, -0.1) is 11.3 Å². The third-order valence-electron chi connectivity index (χ3n) is 9.22. The number of ether oxygens (including phenoxy) is 1. The van der Waals surface area contributed by atoms with Gasteiger partial charge in [0, 0.05) is 22.9 Å². The average molecular weight is 711 g/mol. The maximum Gasteiger partial charge on any atom is 0.325 e. The summed E-state index contributed by atoms with van der Waals surface area (Å²) >= 11 is 9.01. The molecule has 1 aromatic heterocycles. The lowest BCUT2D eigenvalue weighted by molar-refractivity contribution is -0.135. The number of benzene rings is 1. The first-order valence-electron chi connectivity index (χ1n) is 14.2. The maximum atomic E-state index is 12.9. The van der Waals surface area contributed by atoms with Crippen LogP contribution in [0.1, 0.15) is 67.4 Å². The zero-order valence-corrected chi connectivity index (χ0v) is 28.2. The molecule has 0 aliphatic heterocycles. The summed E-state index contributed by atoms with van der Waals surface area (Å²) in [6.07, 6.45) is 7.95. The minimum atomic E-state index is -0.286. The fourth-order valence-corrected chi connectivity index (χ4v) is 9.83. The van der Waals surface area contributed by atoms with Crippen molar-refractivity contribution in [2.24, 2.45) is 28.3 Å². The Morgan fingerprint density at radius 3 is 2.76 bits per heavy atom. The number of nitrogens with one attached hydrogen (secondary N) is 1. The zero-order valence-electron chi connectivity index (χ0n) is 24.3. The van der Waals surface area contributed by atoms with Gasteiger partial charge in [-0.05, 0) is 132 Å². The van der Waals surface area contributed by atoms with Crippen LogP contribution in [0.3, 0.4) is 0 Å². The Labute approximate surface area is 262 Å². The first-order valence-corrected chi connectivity index (χ1v) is 16.6. The molecule has 2 aromatic rings. The van der Waals surface area contributed by atoms with E-state index in [1.165, 1.54) is 22.5 Å². The number of aryl methyl sites for hydroxylation is 1. The Morgan fingerprint density at radius 1 is 1.29 bits per heavy atom. The Hall–Kier alpha value is -1.82. The van der Waals surface area contributed by atoms with Crippen molar-refractivity contribution in [3.63, 3.8) is 0 Å². The summed E-state index contributed by atoms with van der Waals surface area (Å²) < 4.78 is 7.45. The highest BCUT2D eigenvalue weighted by Crippen LogP contribution is 2.63. The maximum absolute atomic E-state index is 12.9. The average Bonchev–Trinajstić information content (AvgIpc) is 3.44. The predicted octanol–water partition coefficient (Wildman–Crippen LogP) is 6.95. The van der Waals surface area contributed by atoms with Gasteiger partial charge in [-0.2, -0.15) is 0 Å². The van der Waals surface area contributed by atoms with Crippen LogP contribution in [0.2, 0.25) is 0 Å². The highest BCUT2D eigenvalue weighted by molar-refractivity contribution is 9.11. The summed E-state index contributed by atoms with van der Waals surface area (Å²) in [4.78, 5) is 37.8. The van der Waals surface area contributed by atoms with Crippen LogP contribution in [0, 0.1) is 30.1 Å². The van der Waals surface area contributed by atoms with Gasteiger partial charge < -0.3 is 14.9 Å². The standard InChI is InChI=1S/C30H38Br2N4O4S/c1-16-14-33-29(41-16)34-24(37)9-6-17-12-23(35-39-5)30(2)11-10-18-19(26(17)30)7-8-20-21(18)13-22(31)28(27(20)32)40-25(38)15-36(3)4/h13-14,17-19,26H,6-12,15H2,1-5H3,(H,33,34,37)/b35-23+/t17-,18?,19?,26?,30-/m1/s1. The van der Waals surface area contributed by atoms with Crippen molar-refractivity contribution in [2.75, 3.05) is 33.1 Å². The van der Waals surface area contributed by atoms with Crippen LogP contribution in [0.5, 0.6) is 5.75 Å². The molecular formula is C30H38Br2N4O4S. The summed E-state index contributed by atoms with van der Waals surface area (Å²) in [6.45, 7) is 4.56. The van der Waals surface area contributed by atoms with Gasteiger partial charge in [-0.25, -0.2) is 4.98 Å². The Kier molecular flexibility index (Phi) is 9.28. The first-order chi connectivity index (χ1) is 19.5. The monoisotopic (exact) mass is 708 g/mol. The van der Waals surface area contributed by atoms with Gasteiger partial charge in [-0.1, -0.05) is 12.1 Å². The van der Waals surface area contributed by atoms with Crippen LogP contribution in [-0.2, 0) is 20.8 Å². The Bertz CT molecular complexity index is 1360. The van der Waals surface area contributed by atoms with Crippen LogP contribution in [0.15, 0.2) is 26.4 Å². The number of rotatable bonds is 8. The van der Waals surface area contributed by atoms with Gasteiger partial charge in [0.15, 0.2) is 10.9 Å². The molecule has 0 radical (unpaired) electrons. The second-order valence-corrected chi connectivity index (χ2v) is 15.0. The number of carbonyl (C=O) groups excluding carboxylic acids is 2. The summed E-state index contributed by atoms with van der Waals surface area (Å²) in [5.41, 5.74) is 3.67. The van der Waals surface area contributed by atoms with Gasteiger partial charge in [0.25, 0.3) is 0 Å². The van der Waals surface area contributed by atoms with E-state index in [2.05, 4.69) is 60.3 Å². The van der Waals surface area contributed by atoms with E-state index < -0.39 is 0 Å². The molecule has 0 spiro atoms. The quantitative estimate of drug-likeness (QED) is 0.181. The number of anilines is 1. The fraction of sp³-hybridized carbons (Fsp3) is 0.600. The van der Waals surface area contributed by atoms with Crippen LogP contribution < -0.4 is 10.1 Å². The van der Waals surface area contributed by atoms with Crippen LogP contribution in [0.25, 0.3) is 0 Å². The Balaban J connectivity index is 1.39. The van der Waals surface area contributed by atoms with Crippen molar-refractivity contribution in [1.29, 1.82) is 0 Å². The van der Waals surface area contributed by atoms with E-state index in [0.717, 1.165) is 58.1 Å². The van der Waals surface area contributed by atoms with Crippen molar-refractivity contribution in [3.8, 4) is 5.75 Å². The van der Waals surface area contributed by atoms with Gasteiger partial charge in [-0.3, -0.25) is 14.5 Å². The van der Waals surface area contributed by atoms with E-state index in [0.29, 0.717) is 41.0 Å². The molecule has 5 atom stereocenters. The summed E-state index contributed by atoms with van der Waals surface area (Å²) in [6, 6.07) is 2.18. The highest BCUT2D eigenvalue weighted by atomic mass is 79.9. The van der Waals surface area contributed by atoms with E-state index in [1.807, 2.05) is 21.0 Å². The molecule has 1 aromatic carbocycles. The second kappa shape index (κ2) is 12.4. The predicted molar refractivity (Wildman–Crippen MR) is 169 cm³/mol. The molecule has 2 saturated carbocycles. The van der Waals surface area contributed by atoms with E-state index >= 15 is 0 Å². The lowest BCUT2D eigenvalue weighted by Crippen LogP contribution is -2.44. The minimum absolute atomic E-state index is 0.0173. The van der Waals surface area contributed by atoms with E-state index in [-0.39, 0.29) is 23.8 Å². The number of thiazole rings is 1. The van der Waals surface area contributed by atoms with E-state index in [4.69, 9.17) is 9.57 Å². The summed E-state index contributed by atoms with van der Waals surface area (Å²) in [5, 5.41) is 8.18. The number of halogens is 2. The molecule has 5 rings (SSSR count). The lowest BCUT2D eigenvalue weighted by atomic mass is 9.54. The van der Waals surface area contributed by atoms with E-state index in [9.17, 15) is 9.59 Å². The molecule has 1 amide bonds. The van der Waals surface area contributed by atoms with Gasteiger partial charge in [0.1, 0.15) is 7.11 Å². The van der Waals surface area contributed by atoms with Gasteiger partial charge in [0.2, 0.25) is 5.91 Å². The molecule has 2 fully saturated rings. The molecular weight excluding hydrogens is 672 g/mol. The van der Waals surface area contributed by atoms with Crippen molar-refractivity contribution < 1.29 is 19.2 Å². The number of nitrogens with zero attached hydrogens (tertiary/aromatic N) is 3. The van der Waals surface area contributed by atoms with Crippen LogP contribution in [0.4, 0.5) is 5.13 Å². The summed E-state index contributed by atoms with van der Waals surface area (Å²) in [5.74, 6) is 1.92.